The van der Waals surface area contributed by atoms with Crippen LogP contribution in [0.25, 0.3) is 6.08 Å². The molecule has 0 aliphatic heterocycles. The molecular weight excluding hydrogens is 454 g/mol. The number of benzene rings is 2. The summed E-state index contributed by atoms with van der Waals surface area (Å²) in [5.74, 6) is -0.578. The van der Waals surface area contributed by atoms with Crippen LogP contribution in [-0.2, 0) is 19.6 Å². The standard InChI is InChI=1S/C22H24BrNO4S/c1-4-5-14-24(29(26,27)20-12-10-17(2)11-13-20)16-19(22(25)28-3)15-18-8-6-7-9-21(18)23/h4-13,15H,14,16H2,1-3H3/b5-4+,19-15+. The van der Waals surface area contributed by atoms with E-state index in [1.165, 1.54) is 11.4 Å². The number of sulfonamides is 1. The summed E-state index contributed by atoms with van der Waals surface area (Å²) in [7, 11) is -2.53. The molecule has 2 aromatic carbocycles. The third-order valence-electron chi connectivity index (χ3n) is 4.23. The predicted molar refractivity (Wildman–Crippen MR) is 119 cm³/mol. The summed E-state index contributed by atoms with van der Waals surface area (Å²) >= 11 is 3.45. The number of methoxy groups -OCH3 is 1. The molecule has 0 unspecified atom stereocenters. The van der Waals surface area contributed by atoms with E-state index in [1.54, 1.807) is 42.5 Å². The first-order chi connectivity index (χ1) is 13.8. The lowest BCUT2D eigenvalue weighted by atomic mass is 10.1. The van der Waals surface area contributed by atoms with Gasteiger partial charge in [-0.3, -0.25) is 0 Å². The summed E-state index contributed by atoms with van der Waals surface area (Å²) in [5, 5.41) is 0. The van der Waals surface area contributed by atoms with E-state index in [2.05, 4.69) is 15.9 Å². The number of hydrogen-bond donors (Lipinski definition) is 0. The zero-order valence-electron chi connectivity index (χ0n) is 16.6. The van der Waals surface area contributed by atoms with Crippen LogP contribution in [-0.4, -0.2) is 38.9 Å². The van der Waals surface area contributed by atoms with E-state index in [9.17, 15) is 13.2 Å². The van der Waals surface area contributed by atoms with E-state index in [4.69, 9.17) is 4.74 Å². The van der Waals surface area contributed by atoms with E-state index in [0.29, 0.717) is 0 Å². The summed E-state index contributed by atoms with van der Waals surface area (Å²) in [6.45, 7) is 3.73. The van der Waals surface area contributed by atoms with E-state index >= 15 is 0 Å². The molecular formula is C22H24BrNO4S. The number of esters is 1. The Morgan fingerprint density at radius 3 is 2.38 bits per heavy atom. The van der Waals surface area contributed by atoms with Crippen molar-refractivity contribution in [1.29, 1.82) is 0 Å². The van der Waals surface area contributed by atoms with Crippen molar-refractivity contribution in [3.63, 3.8) is 0 Å². The molecule has 7 heteroatoms. The van der Waals surface area contributed by atoms with Crippen LogP contribution in [0.5, 0.6) is 0 Å². The van der Waals surface area contributed by atoms with Gasteiger partial charge in [0.15, 0.2) is 0 Å². The molecule has 0 fully saturated rings. The van der Waals surface area contributed by atoms with Crippen molar-refractivity contribution in [2.45, 2.75) is 18.7 Å². The van der Waals surface area contributed by atoms with Crippen LogP contribution in [0.2, 0.25) is 0 Å². The van der Waals surface area contributed by atoms with E-state index in [1.807, 2.05) is 38.1 Å². The van der Waals surface area contributed by atoms with Gasteiger partial charge in [-0.1, -0.05) is 64.0 Å². The van der Waals surface area contributed by atoms with Crippen LogP contribution in [0.1, 0.15) is 18.1 Å². The predicted octanol–water partition coefficient (Wildman–Crippen LogP) is 4.58. The number of ether oxygens (including phenoxy) is 1. The second-order valence-electron chi connectivity index (χ2n) is 6.36. The molecule has 5 nitrogen and oxygen atoms in total. The Labute approximate surface area is 180 Å². The molecule has 154 valence electrons. The minimum absolute atomic E-state index is 0.117. The minimum atomic E-state index is -3.81. The van der Waals surface area contributed by atoms with Gasteiger partial charge in [-0.2, -0.15) is 4.31 Å². The molecule has 0 aliphatic rings. The van der Waals surface area contributed by atoms with Crippen LogP contribution in [0.4, 0.5) is 0 Å². The zero-order valence-corrected chi connectivity index (χ0v) is 19.0. The average molecular weight is 478 g/mol. The quantitative estimate of drug-likeness (QED) is 0.317. The Morgan fingerprint density at radius 1 is 1.14 bits per heavy atom. The van der Waals surface area contributed by atoms with Gasteiger partial charge in [-0.05, 0) is 43.7 Å². The van der Waals surface area contributed by atoms with Crippen molar-refractivity contribution < 1.29 is 17.9 Å². The molecule has 29 heavy (non-hydrogen) atoms. The highest BCUT2D eigenvalue weighted by atomic mass is 79.9. The smallest absolute Gasteiger partial charge is 0.335 e. The molecule has 0 spiro atoms. The largest absolute Gasteiger partial charge is 0.466 e. The number of halogens is 1. The first-order valence-electron chi connectivity index (χ1n) is 9.01. The van der Waals surface area contributed by atoms with Crippen molar-refractivity contribution in [2.75, 3.05) is 20.2 Å². The van der Waals surface area contributed by atoms with Gasteiger partial charge in [0.1, 0.15) is 0 Å². The molecule has 0 saturated heterocycles. The number of hydrogen-bond acceptors (Lipinski definition) is 4. The molecule has 0 amide bonds. The fourth-order valence-electron chi connectivity index (χ4n) is 2.60. The van der Waals surface area contributed by atoms with Gasteiger partial charge in [0.25, 0.3) is 0 Å². The fourth-order valence-corrected chi connectivity index (χ4v) is 4.37. The summed E-state index contributed by atoms with van der Waals surface area (Å²) < 4.78 is 33.4. The molecule has 0 radical (unpaired) electrons. The first-order valence-corrected chi connectivity index (χ1v) is 11.2. The van der Waals surface area contributed by atoms with Crippen LogP contribution < -0.4 is 0 Å². The third-order valence-corrected chi connectivity index (χ3v) is 6.78. The summed E-state index contributed by atoms with van der Waals surface area (Å²) in [5.41, 5.74) is 1.96. The highest BCUT2D eigenvalue weighted by molar-refractivity contribution is 9.10. The van der Waals surface area contributed by atoms with Crippen molar-refractivity contribution in [3.05, 3.63) is 81.9 Å². The molecule has 0 saturated carbocycles. The van der Waals surface area contributed by atoms with Gasteiger partial charge < -0.3 is 4.74 Å². The van der Waals surface area contributed by atoms with Gasteiger partial charge >= 0.3 is 5.97 Å². The fraction of sp³-hybridized carbons (Fsp3) is 0.227. The lowest BCUT2D eigenvalue weighted by Crippen LogP contribution is -2.34. The zero-order chi connectivity index (χ0) is 21.4. The molecule has 0 heterocycles. The van der Waals surface area contributed by atoms with Gasteiger partial charge in [0.2, 0.25) is 10.0 Å². The van der Waals surface area contributed by atoms with Gasteiger partial charge in [-0.25, -0.2) is 13.2 Å². The van der Waals surface area contributed by atoms with E-state index < -0.39 is 16.0 Å². The Bertz CT molecular complexity index is 1010. The second-order valence-corrected chi connectivity index (χ2v) is 9.15. The number of allylic oxidation sites excluding steroid dienone is 1. The summed E-state index contributed by atoms with van der Waals surface area (Å²) in [6, 6.07) is 14.0. The maximum atomic E-state index is 13.2. The summed E-state index contributed by atoms with van der Waals surface area (Å²) in [4.78, 5) is 12.6. The number of nitrogens with zero attached hydrogens (tertiary/aromatic N) is 1. The van der Waals surface area contributed by atoms with Crippen molar-refractivity contribution >= 4 is 38.0 Å². The van der Waals surface area contributed by atoms with Crippen molar-refractivity contribution in [1.82, 2.24) is 4.31 Å². The monoisotopic (exact) mass is 477 g/mol. The second kappa shape index (κ2) is 10.5. The topological polar surface area (TPSA) is 63.7 Å². The maximum Gasteiger partial charge on any atom is 0.335 e. The Kier molecular flexibility index (Phi) is 8.37. The minimum Gasteiger partial charge on any atom is -0.466 e. The number of carbonyl (C=O) groups is 1. The molecule has 2 rings (SSSR count). The average Bonchev–Trinajstić information content (AvgIpc) is 2.71. The lowest BCUT2D eigenvalue weighted by Gasteiger charge is -2.22. The van der Waals surface area contributed by atoms with E-state index in [0.717, 1.165) is 15.6 Å². The Hall–Kier alpha value is -2.22. The van der Waals surface area contributed by atoms with Gasteiger partial charge in [-0.15, -0.1) is 0 Å². The molecule has 0 N–H and O–H groups in total. The van der Waals surface area contributed by atoms with Gasteiger partial charge in [0.05, 0.1) is 17.6 Å². The van der Waals surface area contributed by atoms with Crippen LogP contribution >= 0.6 is 15.9 Å². The van der Waals surface area contributed by atoms with Crippen LogP contribution in [0.3, 0.4) is 0 Å². The maximum absolute atomic E-state index is 13.2. The Morgan fingerprint density at radius 2 is 1.79 bits per heavy atom. The molecule has 0 atom stereocenters. The van der Waals surface area contributed by atoms with Gasteiger partial charge in [0, 0.05) is 17.6 Å². The van der Waals surface area contributed by atoms with Crippen LogP contribution in [0.15, 0.2) is 75.6 Å². The lowest BCUT2D eigenvalue weighted by molar-refractivity contribution is -0.136. The first kappa shape index (κ1) is 23.1. The SMILES string of the molecule is C/C=C/CN(C/C(=C\c1ccccc1Br)C(=O)OC)S(=O)(=O)c1ccc(C)cc1. The van der Waals surface area contributed by atoms with E-state index in [-0.39, 0.29) is 23.6 Å². The van der Waals surface area contributed by atoms with Crippen molar-refractivity contribution in [3.8, 4) is 0 Å². The molecule has 0 aliphatic carbocycles. The molecule has 2 aromatic rings. The normalized spacial score (nSPS) is 12.5. The number of carbonyl (C=O) groups excluding carboxylic acids is 1. The highest BCUT2D eigenvalue weighted by Gasteiger charge is 2.26. The molecule has 0 bridgehead atoms. The van der Waals surface area contributed by atoms with Crippen molar-refractivity contribution in [2.24, 2.45) is 0 Å². The highest BCUT2D eigenvalue weighted by Crippen LogP contribution is 2.22. The number of aryl methyl sites for hydroxylation is 1. The number of rotatable bonds is 8. The van der Waals surface area contributed by atoms with Crippen LogP contribution in [0, 0.1) is 6.92 Å². The third kappa shape index (κ3) is 6.13. The summed E-state index contributed by atoms with van der Waals surface area (Å²) in [6.07, 6.45) is 5.15. The molecule has 0 aromatic heterocycles. The Balaban J connectivity index is 2.48.